The fraction of sp³-hybridized carbons (Fsp3) is 0.636. The number of nitrogens with one attached hydrogen (secondary N) is 1. The first kappa shape index (κ1) is 10.2. The molecular weight excluding hydrogens is 190 g/mol. The largest absolute Gasteiger partial charge is 0.356 e. The Bertz CT molecular complexity index is 345. The van der Waals surface area contributed by atoms with Crippen LogP contribution in [0.4, 0.5) is 0 Å². The molecular formula is C11H17N3O. The van der Waals surface area contributed by atoms with Gasteiger partial charge in [-0.25, -0.2) is 4.98 Å². The highest BCUT2D eigenvalue weighted by Crippen LogP contribution is 2.18. The molecule has 1 atom stereocenters. The lowest BCUT2D eigenvalue weighted by molar-refractivity contribution is -0.125. The molecule has 0 aliphatic carbocycles. The Labute approximate surface area is 89.7 Å². The van der Waals surface area contributed by atoms with Crippen LogP contribution in [0.2, 0.25) is 0 Å². The quantitative estimate of drug-likeness (QED) is 0.803. The predicted octanol–water partition coefficient (Wildman–Crippen LogP) is 0.972. The van der Waals surface area contributed by atoms with E-state index in [-0.39, 0.29) is 11.8 Å². The summed E-state index contributed by atoms with van der Waals surface area (Å²) in [5.74, 6) is 1.34. The van der Waals surface area contributed by atoms with Gasteiger partial charge in [0.2, 0.25) is 5.91 Å². The smallest absolute Gasteiger partial charge is 0.223 e. The molecule has 1 aromatic rings. The Morgan fingerprint density at radius 1 is 1.73 bits per heavy atom. The summed E-state index contributed by atoms with van der Waals surface area (Å²) in [6.45, 7) is 3.76. The maximum atomic E-state index is 11.7. The van der Waals surface area contributed by atoms with Gasteiger partial charge in [0.25, 0.3) is 0 Å². The highest BCUT2D eigenvalue weighted by Gasteiger charge is 2.24. The van der Waals surface area contributed by atoms with E-state index in [9.17, 15) is 4.79 Å². The van der Waals surface area contributed by atoms with Crippen LogP contribution in [0, 0.1) is 5.92 Å². The molecule has 2 rings (SSSR count). The van der Waals surface area contributed by atoms with Crippen molar-refractivity contribution in [2.24, 2.45) is 5.92 Å². The standard InChI is InChI=1S/C11H17N3O/c1-2-4-13-11(15)9-3-6-14-7-5-12-10(14)8-9/h5,7,9H,2-4,6,8H2,1H3,(H,13,15). The molecule has 0 radical (unpaired) electrons. The van der Waals surface area contributed by atoms with Crippen LogP contribution in [-0.2, 0) is 17.8 Å². The highest BCUT2D eigenvalue weighted by molar-refractivity contribution is 5.78. The first-order valence-corrected chi connectivity index (χ1v) is 5.59. The van der Waals surface area contributed by atoms with Crippen molar-refractivity contribution < 1.29 is 4.79 Å². The fourth-order valence-corrected chi connectivity index (χ4v) is 1.97. The molecule has 1 amide bonds. The van der Waals surface area contributed by atoms with E-state index in [0.717, 1.165) is 38.2 Å². The molecule has 0 saturated carbocycles. The molecule has 1 aliphatic rings. The van der Waals surface area contributed by atoms with Gasteiger partial charge in [-0.05, 0) is 12.8 Å². The number of rotatable bonds is 3. The first-order chi connectivity index (χ1) is 7.31. The zero-order chi connectivity index (χ0) is 10.7. The lowest BCUT2D eigenvalue weighted by Crippen LogP contribution is -2.35. The average molecular weight is 207 g/mol. The van der Waals surface area contributed by atoms with Crippen molar-refractivity contribution in [3.05, 3.63) is 18.2 Å². The Kier molecular flexibility index (Phi) is 3.04. The van der Waals surface area contributed by atoms with Crippen LogP contribution in [0.1, 0.15) is 25.6 Å². The van der Waals surface area contributed by atoms with E-state index < -0.39 is 0 Å². The summed E-state index contributed by atoms with van der Waals surface area (Å²) in [6.07, 6.45) is 6.49. The van der Waals surface area contributed by atoms with Crippen LogP contribution in [0.25, 0.3) is 0 Å². The maximum Gasteiger partial charge on any atom is 0.223 e. The number of carbonyl (C=O) groups is 1. The van der Waals surface area contributed by atoms with E-state index in [1.54, 1.807) is 0 Å². The minimum Gasteiger partial charge on any atom is -0.356 e. The summed E-state index contributed by atoms with van der Waals surface area (Å²) in [7, 11) is 0. The minimum absolute atomic E-state index is 0.117. The summed E-state index contributed by atoms with van der Waals surface area (Å²) >= 11 is 0. The Morgan fingerprint density at radius 2 is 2.60 bits per heavy atom. The summed E-state index contributed by atoms with van der Waals surface area (Å²) in [6, 6.07) is 0. The summed E-state index contributed by atoms with van der Waals surface area (Å²) < 4.78 is 2.13. The number of hydrogen-bond acceptors (Lipinski definition) is 2. The number of carbonyl (C=O) groups excluding carboxylic acids is 1. The second kappa shape index (κ2) is 4.47. The van der Waals surface area contributed by atoms with Gasteiger partial charge in [0.05, 0.1) is 0 Å². The van der Waals surface area contributed by atoms with Gasteiger partial charge in [0.1, 0.15) is 5.82 Å². The molecule has 1 N–H and O–H groups in total. The monoisotopic (exact) mass is 207 g/mol. The second-order valence-electron chi connectivity index (χ2n) is 4.02. The topological polar surface area (TPSA) is 46.9 Å². The second-order valence-corrected chi connectivity index (χ2v) is 4.02. The van der Waals surface area contributed by atoms with Crippen LogP contribution < -0.4 is 5.32 Å². The van der Waals surface area contributed by atoms with Gasteiger partial charge in [0.15, 0.2) is 0 Å². The van der Waals surface area contributed by atoms with Crippen molar-refractivity contribution in [2.75, 3.05) is 6.54 Å². The lowest BCUT2D eigenvalue weighted by Gasteiger charge is -2.22. The van der Waals surface area contributed by atoms with Crippen LogP contribution >= 0.6 is 0 Å². The van der Waals surface area contributed by atoms with Gasteiger partial charge in [-0.1, -0.05) is 6.92 Å². The molecule has 4 nitrogen and oxygen atoms in total. The molecule has 1 aliphatic heterocycles. The molecule has 0 spiro atoms. The molecule has 1 aromatic heterocycles. The molecule has 15 heavy (non-hydrogen) atoms. The summed E-state index contributed by atoms with van der Waals surface area (Å²) in [5.41, 5.74) is 0. The van der Waals surface area contributed by atoms with Gasteiger partial charge in [-0.3, -0.25) is 4.79 Å². The van der Waals surface area contributed by atoms with Gasteiger partial charge in [0, 0.05) is 37.8 Å². The number of amides is 1. The third-order valence-electron chi connectivity index (χ3n) is 2.87. The van der Waals surface area contributed by atoms with E-state index in [1.807, 2.05) is 12.4 Å². The number of aromatic nitrogens is 2. The zero-order valence-corrected chi connectivity index (χ0v) is 9.07. The van der Waals surface area contributed by atoms with Crippen LogP contribution in [0.15, 0.2) is 12.4 Å². The number of nitrogens with zero attached hydrogens (tertiary/aromatic N) is 2. The molecule has 0 aromatic carbocycles. The van der Waals surface area contributed by atoms with Crippen molar-refractivity contribution in [1.29, 1.82) is 0 Å². The highest BCUT2D eigenvalue weighted by atomic mass is 16.1. The van der Waals surface area contributed by atoms with Crippen molar-refractivity contribution in [3.8, 4) is 0 Å². The fourth-order valence-electron chi connectivity index (χ4n) is 1.97. The molecule has 0 fully saturated rings. The van der Waals surface area contributed by atoms with E-state index >= 15 is 0 Å². The Hall–Kier alpha value is -1.32. The van der Waals surface area contributed by atoms with Gasteiger partial charge < -0.3 is 9.88 Å². The van der Waals surface area contributed by atoms with Crippen molar-refractivity contribution in [1.82, 2.24) is 14.9 Å². The SMILES string of the molecule is CCCNC(=O)C1CCn2ccnc2C1. The number of aryl methyl sites for hydroxylation is 1. The Balaban J connectivity index is 1.94. The number of imidazole rings is 1. The van der Waals surface area contributed by atoms with Gasteiger partial charge in [-0.2, -0.15) is 0 Å². The summed E-state index contributed by atoms with van der Waals surface area (Å²) in [5, 5.41) is 2.95. The average Bonchev–Trinajstić information content (AvgIpc) is 2.72. The maximum absolute atomic E-state index is 11.7. The molecule has 82 valence electrons. The van der Waals surface area contributed by atoms with E-state index in [0.29, 0.717) is 0 Å². The van der Waals surface area contributed by atoms with Gasteiger partial charge >= 0.3 is 0 Å². The van der Waals surface area contributed by atoms with Crippen molar-refractivity contribution >= 4 is 5.91 Å². The van der Waals surface area contributed by atoms with Gasteiger partial charge in [-0.15, -0.1) is 0 Å². The van der Waals surface area contributed by atoms with Crippen LogP contribution in [-0.4, -0.2) is 22.0 Å². The lowest BCUT2D eigenvalue weighted by atomic mass is 9.97. The zero-order valence-electron chi connectivity index (χ0n) is 9.07. The van der Waals surface area contributed by atoms with Crippen LogP contribution in [0.3, 0.4) is 0 Å². The predicted molar refractivity (Wildman–Crippen MR) is 57.3 cm³/mol. The third-order valence-corrected chi connectivity index (χ3v) is 2.87. The van der Waals surface area contributed by atoms with Crippen molar-refractivity contribution in [3.63, 3.8) is 0 Å². The van der Waals surface area contributed by atoms with Crippen molar-refractivity contribution in [2.45, 2.75) is 32.7 Å². The molecule has 2 heterocycles. The summed E-state index contributed by atoms with van der Waals surface area (Å²) in [4.78, 5) is 16.0. The normalized spacial score (nSPS) is 19.7. The molecule has 1 unspecified atom stereocenters. The Morgan fingerprint density at radius 3 is 3.40 bits per heavy atom. The molecule has 0 bridgehead atoms. The van der Waals surface area contributed by atoms with E-state index in [4.69, 9.17) is 0 Å². The number of hydrogen-bond donors (Lipinski definition) is 1. The number of fused-ring (bicyclic) bond motifs is 1. The third kappa shape index (κ3) is 2.19. The van der Waals surface area contributed by atoms with Crippen LogP contribution in [0.5, 0.6) is 0 Å². The van der Waals surface area contributed by atoms with E-state index in [1.165, 1.54) is 0 Å². The molecule has 0 saturated heterocycles. The first-order valence-electron chi connectivity index (χ1n) is 5.59. The molecule has 4 heteroatoms. The minimum atomic E-state index is 0.117. The van der Waals surface area contributed by atoms with E-state index in [2.05, 4.69) is 21.8 Å².